The molecule has 0 spiro atoms. The second-order valence-corrected chi connectivity index (χ2v) is 4.23. The van der Waals surface area contributed by atoms with Gasteiger partial charge < -0.3 is 10.0 Å². The molecule has 1 aromatic carbocycles. The summed E-state index contributed by atoms with van der Waals surface area (Å²) in [5, 5.41) is 9.22. The van der Waals surface area contributed by atoms with Gasteiger partial charge in [0.1, 0.15) is 0 Å². The lowest BCUT2D eigenvalue weighted by Gasteiger charge is -2.20. The fraction of sp³-hybridized carbons (Fsp3) is 0.143. The predicted molar refractivity (Wildman–Crippen MR) is 68.3 cm³/mol. The molecular formula is C14H12N2O2. The van der Waals surface area contributed by atoms with Crippen LogP contribution in [0.1, 0.15) is 15.9 Å². The van der Waals surface area contributed by atoms with E-state index in [0.29, 0.717) is 11.3 Å². The van der Waals surface area contributed by atoms with Crippen molar-refractivity contribution in [3.8, 4) is 0 Å². The number of para-hydroxylation sites is 1. The van der Waals surface area contributed by atoms with E-state index in [2.05, 4.69) is 11.1 Å². The van der Waals surface area contributed by atoms with Crippen LogP contribution < -0.4 is 4.90 Å². The molecule has 0 radical (unpaired) electrons. The highest BCUT2D eigenvalue weighted by molar-refractivity contribution is 5.95. The average Bonchev–Trinajstić information content (AvgIpc) is 2.82. The van der Waals surface area contributed by atoms with Crippen LogP contribution in [0.3, 0.4) is 0 Å². The summed E-state index contributed by atoms with van der Waals surface area (Å²) < 4.78 is 0. The molecule has 18 heavy (non-hydrogen) atoms. The van der Waals surface area contributed by atoms with E-state index in [4.69, 9.17) is 0 Å². The number of carbonyl (C=O) groups is 1. The number of carboxylic acid groups (broad SMARTS) is 1. The summed E-state index contributed by atoms with van der Waals surface area (Å²) in [5.74, 6) is -0.920. The Kier molecular flexibility index (Phi) is 2.48. The van der Waals surface area contributed by atoms with E-state index in [1.165, 1.54) is 11.8 Å². The number of carboxylic acids is 1. The molecule has 0 atom stereocenters. The number of hydrogen-bond donors (Lipinski definition) is 1. The van der Waals surface area contributed by atoms with Gasteiger partial charge in [-0.15, -0.1) is 0 Å². The van der Waals surface area contributed by atoms with E-state index < -0.39 is 5.97 Å². The monoisotopic (exact) mass is 240 g/mol. The van der Waals surface area contributed by atoms with Crippen LogP contribution in [0.15, 0.2) is 42.7 Å². The molecule has 1 aliphatic heterocycles. The van der Waals surface area contributed by atoms with Crippen molar-refractivity contribution >= 4 is 17.3 Å². The maximum atomic E-state index is 11.2. The number of hydrogen-bond acceptors (Lipinski definition) is 3. The van der Waals surface area contributed by atoms with Crippen LogP contribution in [0.5, 0.6) is 0 Å². The SMILES string of the molecule is O=C(O)c1ccncc1N1CCc2ccccc21. The molecule has 2 aromatic rings. The lowest BCUT2D eigenvalue weighted by Crippen LogP contribution is -2.17. The number of aromatic nitrogens is 1. The molecule has 4 nitrogen and oxygen atoms in total. The molecule has 90 valence electrons. The molecule has 0 bridgehead atoms. The number of benzene rings is 1. The molecule has 0 saturated heterocycles. The van der Waals surface area contributed by atoms with Crippen molar-refractivity contribution in [2.45, 2.75) is 6.42 Å². The van der Waals surface area contributed by atoms with Gasteiger partial charge in [-0.3, -0.25) is 4.98 Å². The van der Waals surface area contributed by atoms with E-state index in [-0.39, 0.29) is 0 Å². The maximum absolute atomic E-state index is 11.2. The number of rotatable bonds is 2. The van der Waals surface area contributed by atoms with Gasteiger partial charge in [-0.05, 0) is 24.1 Å². The van der Waals surface area contributed by atoms with Gasteiger partial charge in [0.15, 0.2) is 0 Å². The molecule has 1 N–H and O–H groups in total. The highest BCUT2D eigenvalue weighted by atomic mass is 16.4. The molecule has 2 heterocycles. The standard InChI is InChI=1S/C14H12N2O2/c17-14(18)11-5-7-15-9-13(11)16-8-6-10-3-1-2-4-12(10)16/h1-5,7,9H,6,8H2,(H,17,18). The fourth-order valence-electron chi connectivity index (χ4n) is 2.37. The summed E-state index contributed by atoms with van der Waals surface area (Å²) in [6.07, 6.45) is 4.06. The van der Waals surface area contributed by atoms with E-state index in [0.717, 1.165) is 18.7 Å². The molecule has 3 rings (SSSR count). The van der Waals surface area contributed by atoms with Gasteiger partial charge in [-0.2, -0.15) is 0 Å². The van der Waals surface area contributed by atoms with Crippen molar-refractivity contribution in [3.05, 3.63) is 53.9 Å². The highest BCUT2D eigenvalue weighted by Gasteiger charge is 2.23. The van der Waals surface area contributed by atoms with Crippen LogP contribution in [-0.2, 0) is 6.42 Å². The van der Waals surface area contributed by atoms with Crippen LogP contribution in [0, 0.1) is 0 Å². The molecule has 0 unspecified atom stereocenters. The van der Waals surface area contributed by atoms with Crippen LogP contribution in [0.4, 0.5) is 11.4 Å². The minimum Gasteiger partial charge on any atom is -0.478 e. The lowest BCUT2D eigenvalue weighted by molar-refractivity contribution is 0.0697. The Morgan fingerprint density at radius 1 is 1.22 bits per heavy atom. The largest absolute Gasteiger partial charge is 0.478 e. The smallest absolute Gasteiger partial charge is 0.337 e. The Morgan fingerprint density at radius 3 is 2.89 bits per heavy atom. The van der Waals surface area contributed by atoms with Crippen molar-refractivity contribution in [1.82, 2.24) is 4.98 Å². The lowest BCUT2D eigenvalue weighted by atomic mass is 10.1. The number of aromatic carboxylic acids is 1. The summed E-state index contributed by atoms with van der Waals surface area (Å²) in [6.45, 7) is 0.797. The molecule has 0 saturated carbocycles. The van der Waals surface area contributed by atoms with Crippen molar-refractivity contribution in [2.24, 2.45) is 0 Å². The molecule has 1 aromatic heterocycles. The summed E-state index contributed by atoms with van der Waals surface area (Å²) in [5.41, 5.74) is 3.28. The number of fused-ring (bicyclic) bond motifs is 1. The molecule has 0 amide bonds. The Balaban J connectivity index is 2.10. The van der Waals surface area contributed by atoms with Crippen LogP contribution in [0.2, 0.25) is 0 Å². The third-order valence-electron chi connectivity index (χ3n) is 3.21. The second-order valence-electron chi connectivity index (χ2n) is 4.23. The van der Waals surface area contributed by atoms with Gasteiger partial charge in [-0.1, -0.05) is 18.2 Å². The zero-order valence-electron chi connectivity index (χ0n) is 9.71. The Morgan fingerprint density at radius 2 is 2.06 bits per heavy atom. The first-order valence-electron chi connectivity index (χ1n) is 5.80. The quantitative estimate of drug-likeness (QED) is 0.876. The maximum Gasteiger partial charge on any atom is 0.337 e. The van der Waals surface area contributed by atoms with Gasteiger partial charge >= 0.3 is 5.97 Å². The highest BCUT2D eigenvalue weighted by Crippen LogP contribution is 2.35. The topological polar surface area (TPSA) is 53.4 Å². The Bertz CT molecular complexity index is 610. The van der Waals surface area contributed by atoms with E-state index in [9.17, 15) is 9.90 Å². The molecule has 1 aliphatic rings. The Hall–Kier alpha value is -2.36. The second kappa shape index (κ2) is 4.14. The minimum atomic E-state index is -0.920. The van der Waals surface area contributed by atoms with E-state index in [1.54, 1.807) is 12.3 Å². The fourth-order valence-corrected chi connectivity index (χ4v) is 2.37. The van der Waals surface area contributed by atoms with Crippen molar-refractivity contribution < 1.29 is 9.90 Å². The van der Waals surface area contributed by atoms with Crippen molar-refractivity contribution in [3.63, 3.8) is 0 Å². The molecule has 0 fully saturated rings. The zero-order chi connectivity index (χ0) is 12.5. The summed E-state index contributed by atoms with van der Waals surface area (Å²) in [6, 6.07) is 9.60. The third-order valence-corrected chi connectivity index (χ3v) is 3.21. The number of pyridine rings is 1. The first-order chi connectivity index (χ1) is 8.77. The average molecular weight is 240 g/mol. The summed E-state index contributed by atoms with van der Waals surface area (Å²) in [4.78, 5) is 17.3. The van der Waals surface area contributed by atoms with Crippen molar-refractivity contribution in [1.29, 1.82) is 0 Å². The van der Waals surface area contributed by atoms with Crippen LogP contribution >= 0.6 is 0 Å². The number of nitrogens with zero attached hydrogens (tertiary/aromatic N) is 2. The first kappa shape index (κ1) is 10.8. The van der Waals surface area contributed by atoms with Gasteiger partial charge in [0, 0.05) is 18.4 Å². The Labute approximate surface area is 105 Å². The van der Waals surface area contributed by atoms with Crippen LogP contribution in [-0.4, -0.2) is 22.6 Å². The molecule has 0 aliphatic carbocycles. The van der Waals surface area contributed by atoms with Crippen LogP contribution in [0.25, 0.3) is 0 Å². The van der Waals surface area contributed by atoms with Crippen molar-refractivity contribution in [2.75, 3.05) is 11.4 Å². The summed E-state index contributed by atoms with van der Waals surface area (Å²) >= 11 is 0. The summed E-state index contributed by atoms with van der Waals surface area (Å²) in [7, 11) is 0. The van der Waals surface area contributed by atoms with Gasteiger partial charge in [0.25, 0.3) is 0 Å². The minimum absolute atomic E-state index is 0.293. The predicted octanol–water partition coefficient (Wildman–Crippen LogP) is 2.47. The molecular weight excluding hydrogens is 228 g/mol. The van der Waals surface area contributed by atoms with Gasteiger partial charge in [0.2, 0.25) is 0 Å². The first-order valence-corrected chi connectivity index (χ1v) is 5.80. The number of anilines is 2. The van der Waals surface area contributed by atoms with Gasteiger partial charge in [-0.25, -0.2) is 4.79 Å². The normalized spacial score (nSPS) is 13.4. The van der Waals surface area contributed by atoms with E-state index in [1.807, 2.05) is 23.1 Å². The third kappa shape index (κ3) is 1.62. The zero-order valence-corrected chi connectivity index (χ0v) is 9.71. The van der Waals surface area contributed by atoms with Gasteiger partial charge in [0.05, 0.1) is 17.4 Å². The van der Waals surface area contributed by atoms with E-state index >= 15 is 0 Å². The molecule has 4 heteroatoms.